The lowest BCUT2D eigenvalue weighted by atomic mass is 10.3. The summed E-state index contributed by atoms with van der Waals surface area (Å²) in [6, 6.07) is 2.08. The predicted octanol–water partition coefficient (Wildman–Crippen LogP) is 1.85. The first kappa shape index (κ1) is 11.9. The van der Waals surface area contributed by atoms with Gasteiger partial charge in [0.25, 0.3) is 0 Å². The van der Waals surface area contributed by atoms with Crippen LogP contribution >= 0.6 is 11.3 Å². The van der Waals surface area contributed by atoms with E-state index in [4.69, 9.17) is 0 Å². The van der Waals surface area contributed by atoms with Crippen molar-refractivity contribution in [3.05, 3.63) is 29.0 Å². The highest BCUT2D eigenvalue weighted by Gasteiger charge is 2.15. The average molecular weight is 262 g/mol. The highest BCUT2D eigenvalue weighted by atomic mass is 32.1. The van der Waals surface area contributed by atoms with Crippen LogP contribution in [0.3, 0.4) is 0 Å². The van der Waals surface area contributed by atoms with Crippen LogP contribution in [0, 0.1) is 6.92 Å². The number of hydrogen-bond acceptors (Lipinski definition) is 4. The largest absolute Gasteiger partial charge is 0.367 e. The van der Waals surface area contributed by atoms with Gasteiger partial charge in [0, 0.05) is 55.6 Å². The second kappa shape index (κ2) is 5.22. The SMILES string of the molecule is Cc1nc(-c2cc[nH]c2)sc1CN1CCNCC1. The van der Waals surface area contributed by atoms with E-state index in [1.54, 1.807) is 0 Å². The number of hydrogen-bond donors (Lipinski definition) is 2. The monoisotopic (exact) mass is 262 g/mol. The molecule has 0 atom stereocenters. The van der Waals surface area contributed by atoms with Gasteiger partial charge in [0.15, 0.2) is 0 Å². The molecule has 2 aromatic heterocycles. The van der Waals surface area contributed by atoms with Gasteiger partial charge in [0.1, 0.15) is 5.01 Å². The average Bonchev–Trinajstić information content (AvgIpc) is 3.01. The molecule has 1 fully saturated rings. The first-order chi connectivity index (χ1) is 8.83. The minimum atomic E-state index is 1.04. The first-order valence-electron chi connectivity index (χ1n) is 6.35. The Labute approximate surface area is 111 Å². The number of aryl methyl sites for hydroxylation is 1. The molecule has 3 heterocycles. The van der Waals surface area contributed by atoms with Crippen molar-refractivity contribution in [2.45, 2.75) is 13.5 Å². The van der Waals surface area contributed by atoms with Crippen molar-refractivity contribution in [1.82, 2.24) is 20.2 Å². The highest BCUT2D eigenvalue weighted by molar-refractivity contribution is 7.15. The molecule has 0 aromatic carbocycles. The van der Waals surface area contributed by atoms with Crippen LogP contribution in [0.5, 0.6) is 0 Å². The minimum Gasteiger partial charge on any atom is -0.367 e. The molecule has 1 saturated heterocycles. The summed E-state index contributed by atoms with van der Waals surface area (Å²) in [6.45, 7) is 7.62. The Morgan fingerprint density at radius 1 is 1.39 bits per heavy atom. The predicted molar refractivity (Wildman–Crippen MR) is 74.8 cm³/mol. The van der Waals surface area contributed by atoms with Crippen molar-refractivity contribution in [1.29, 1.82) is 0 Å². The van der Waals surface area contributed by atoms with Crippen molar-refractivity contribution in [2.24, 2.45) is 0 Å². The van der Waals surface area contributed by atoms with Crippen LogP contribution in [0.2, 0.25) is 0 Å². The molecule has 0 unspecified atom stereocenters. The zero-order valence-electron chi connectivity index (χ0n) is 10.6. The zero-order valence-corrected chi connectivity index (χ0v) is 11.4. The Kier molecular flexibility index (Phi) is 3.45. The third kappa shape index (κ3) is 2.48. The van der Waals surface area contributed by atoms with E-state index < -0.39 is 0 Å². The molecule has 5 heteroatoms. The number of aromatic nitrogens is 2. The van der Waals surface area contributed by atoms with Gasteiger partial charge < -0.3 is 10.3 Å². The van der Waals surface area contributed by atoms with Gasteiger partial charge in [0.05, 0.1) is 5.69 Å². The Hall–Kier alpha value is -1.17. The van der Waals surface area contributed by atoms with Gasteiger partial charge in [0.2, 0.25) is 0 Å². The molecule has 2 N–H and O–H groups in total. The molecular formula is C13H18N4S. The molecule has 4 nitrogen and oxygen atoms in total. The fourth-order valence-electron chi connectivity index (χ4n) is 2.23. The Bertz CT molecular complexity index is 497. The molecular weight excluding hydrogens is 244 g/mol. The fraction of sp³-hybridized carbons (Fsp3) is 0.462. The first-order valence-corrected chi connectivity index (χ1v) is 7.17. The van der Waals surface area contributed by atoms with E-state index in [2.05, 4.69) is 33.2 Å². The zero-order chi connectivity index (χ0) is 12.4. The van der Waals surface area contributed by atoms with E-state index in [1.165, 1.54) is 16.1 Å². The lowest BCUT2D eigenvalue weighted by molar-refractivity contribution is 0.234. The Balaban J connectivity index is 1.76. The summed E-state index contributed by atoms with van der Waals surface area (Å²) in [7, 11) is 0. The van der Waals surface area contributed by atoms with E-state index >= 15 is 0 Å². The molecule has 2 aromatic rings. The fourth-order valence-corrected chi connectivity index (χ4v) is 3.33. The molecule has 0 bridgehead atoms. The molecule has 1 aliphatic heterocycles. The third-order valence-corrected chi connectivity index (χ3v) is 4.51. The summed E-state index contributed by atoms with van der Waals surface area (Å²) in [5.74, 6) is 0. The van der Waals surface area contributed by atoms with Crippen LogP contribution in [-0.4, -0.2) is 41.0 Å². The van der Waals surface area contributed by atoms with Gasteiger partial charge in [-0.05, 0) is 13.0 Å². The third-order valence-electron chi connectivity index (χ3n) is 3.31. The molecule has 0 radical (unpaired) electrons. The number of thiazole rings is 1. The van der Waals surface area contributed by atoms with Crippen LogP contribution in [0.25, 0.3) is 10.6 Å². The maximum absolute atomic E-state index is 4.67. The molecule has 96 valence electrons. The van der Waals surface area contributed by atoms with E-state index in [0.29, 0.717) is 0 Å². The molecule has 0 saturated carbocycles. The Morgan fingerprint density at radius 3 is 2.94 bits per heavy atom. The quantitative estimate of drug-likeness (QED) is 0.887. The maximum Gasteiger partial charge on any atom is 0.125 e. The van der Waals surface area contributed by atoms with Crippen LogP contribution in [0.15, 0.2) is 18.5 Å². The highest BCUT2D eigenvalue weighted by Crippen LogP contribution is 2.28. The number of nitrogens with one attached hydrogen (secondary N) is 2. The van der Waals surface area contributed by atoms with Gasteiger partial charge in [-0.1, -0.05) is 0 Å². The number of piperazine rings is 1. The molecule has 18 heavy (non-hydrogen) atoms. The summed E-state index contributed by atoms with van der Waals surface area (Å²) in [4.78, 5) is 11.7. The van der Waals surface area contributed by atoms with Crippen LogP contribution in [0.4, 0.5) is 0 Å². The normalized spacial score (nSPS) is 17.2. The lowest BCUT2D eigenvalue weighted by Crippen LogP contribution is -2.42. The Morgan fingerprint density at radius 2 is 2.22 bits per heavy atom. The molecule has 3 rings (SSSR count). The summed E-state index contributed by atoms with van der Waals surface area (Å²) in [5.41, 5.74) is 2.37. The van der Waals surface area contributed by atoms with E-state index in [1.807, 2.05) is 23.7 Å². The molecule has 0 aliphatic carbocycles. The van der Waals surface area contributed by atoms with E-state index in [-0.39, 0.29) is 0 Å². The van der Waals surface area contributed by atoms with Crippen molar-refractivity contribution < 1.29 is 0 Å². The van der Waals surface area contributed by atoms with Crippen molar-refractivity contribution in [3.63, 3.8) is 0 Å². The number of nitrogens with zero attached hydrogens (tertiary/aromatic N) is 2. The van der Waals surface area contributed by atoms with E-state index in [9.17, 15) is 0 Å². The maximum atomic E-state index is 4.67. The van der Waals surface area contributed by atoms with Gasteiger partial charge in [-0.3, -0.25) is 4.90 Å². The summed E-state index contributed by atoms with van der Waals surface area (Å²) < 4.78 is 0. The van der Waals surface area contributed by atoms with Gasteiger partial charge >= 0.3 is 0 Å². The van der Waals surface area contributed by atoms with Gasteiger partial charge in [-0.2, -0.15) is 0 Å². The second-order valence-electron chi connectivity index (χ2n) is 4.65. The summed E-state index contributed by atoms with van der Waals surface area (Å²) in [5, 5.41) is 4.51. The van der Waals surface area contributed by atoms with Crippen LogP contribution < -0.4 is 5.32 Å². The second-order valence-corrected chi connectivity index (χ2v) is 5.74. The van der Waals surface area contributed by atoms with Gasteiger partial charge in [-0.25, -0.2) is 4.98 Å². The molecule has 1 aliphatic rings. The molecule has 0 spiro atoms. The van der Waals surface area contributed by atoms with Crippen LogP contribution in [-0.2, 0) is 6.54 Å². The summed E-state index contributed by atoms with van der Waals surface area (Å²) in [6.07, 6.45) is 3.95. The number of aromatic amines is 1. The van der Waals surface area contributed by atoms with Gasteiger partial charge in [-0.15, -0.1) is 11.3 Å². The lowest BCUT2D eigenvalue weighted by Gasteiger charge is -2.26. The number of H-pyrrole nitrogens is 1. The minimum absolute atomic E-state index is 1.04. The van der Waals surface area contributed by atoms with Crippen molar-refractivity contribution in [2.75, 3.05) is 26.2 Å². The van der Waals surface area contributed by atoms with Crippen molar-refractivity contribution >= 4 is 11.3 Å². The topological polar surface area (TPSA) is 44.0 Å². The van der Waals surface area contributed by atoms with Crippen LogP contribution in [0.1, 0.15) is 10.6 Å². The summed E-state index contributed by atoms with van der Waals surface area (Å²) >= 11 is 1.82. The molecule has 0 amide bonds. The van der Waals surface area contributed by atoms with E-state index in [0.717, 1.165) is 37.7 Å². The van der Waals surface area contributed by atoms with Crippen molar-refractivity contribution in [3.8, 4) is 10.6 Å². The smallest absolute Gasteiger partial charge is 0.125 e. The number of rotatable bonds is 3. The standard InChI is InChI=1S/C13H18N4S/c1-10-12(9-17-6-4-14-5-7-17)18-13(16-10)11-2-3-15-8-11/h2-3,8,14-15H,4-7,9H2,1H3.